The Morgan fingerprint density at radius 1 is 0.507 bits per heavy atom. The molecule has 0 aliphatic rings. The summed E-state index contributed by atoms with van der Waals surface area (Å²) in [6, 6.07) is 9.86. The van der Waals surface area contributed by atoms with Crippen LogP contribution in [0, 0.1) is 5.92 Å². The summed E-state index contributed by atoms with van der Waals surface area (Å²) in [4.78, 5) is 0. The Balaban J connectivity index is 2.00. The van der Waals surface area contributed by atoms with Crippen LogP contribution in [0.25, 0.3) is 128 Å². The Bertz CT molecular complexity index is 3640. The molecule has 8 aromatic carbocycles. The van der Waals surface area contributed by atoms with Crippen LogP contribution in [0.4, 0.5) is 0 Å². The van der Waals surface area contributed by atoms with Crippen LogP contribution >= 0.6 is 0 Å². The predicted molar refractivity (Wildman–Crippen MR) is 334 cm³/mol. The lowest BCUT2D eigenvalue weighted by Crippen LogP contribution is -2.27. The summed E-state index contributed by atoms with van der Waals surface area (Å²) >= 11 is 0. The van der Waals surface area contributed by atoms with Crippen LogP contribution in [0.15, 0.2) is 78.9 Å². The second kappa shape index (κ2) is 22.6. The van der Waals surface area contributed by atoms with Crippen molar-refractivity contribution in [1.29, 1.82) is 0 Å². The van der Waals surface area contributed by atoms with Crippen molar-refractivity contribution in [1.82, 2.24) is 5.32 Å². The molecule has 73 heavy (non-hydrogen) atoms. The minimum atomic E-state index is 0.0219. The Morgan fingerprint density at radius 3 is 1.62 bits per heavy atom. The van der Waals surface area contributed by atoms with E-state index in [0.29, 0.717) is 12.5 Å². The number of benzene rings is 8. The summed E-state index contributed by atoms with van der Waals surface area (Å²) < 4.78 is 0. The molecule has 0 fully saturated rings. The van der Waals surface area contributed by atoms with Gasteiger partial charge in [0.25, 0.3) is 0 Å². The second-order valence-electron chi connectivity index (χ2n) is 20.7. The fourth-order valence-electron chi connectivity index (χ4n) is 13.1. The molecule has 0 saturated carbocycles. The zero-order valence-corrected chi connectivity index (χ0v) is 47.2. The van der Waals surface area contributed by atoms with Gasteiger partial charge in [0.1, 0.15) is 0 Å². The quantitative estimate of drug-likeness (QED) is 0.0589. The van der Waals surface area contributed by atoms with E-state index in [1.807, 2.05) is 0 Å². The highest BCUT2D eigenvalue weighted by molar-refractivity contribution is 6.50. The Morgan fingerprint density at radius 2 is 1.01 bits per heavy atom. The van der Waals surface area contributed by atoms with Crippen LogP contribution < -0.4 is 5.32 Å². The van der Waals surface area contributed by atoms with Crippen molar-refractivity contribution >= 4 is 128 Å². The maximum atomic E-state index is 10.1. The van der Waals surface area contributed by atoms with Gasteiger partial charge in [-0.2, -0.15) is 0 Å². The van der Waals surface area contributed by atoms with Gasteiger partial charge in [-0.3, -0.25) is 0 Å². The molecule has 0 aliphatic heterocycles. The largest absolute Gasteiger partial charge is 0.395 e. The van der Waals surface area contributed by atoms with Gasteiger partial charge in [0.2, 0.25) is 0 Å². The van der Waals surface area contributed by atoms with E-state index in [2.05, 4.69) is 219 Å². The number of rotatable bonds is 20. The number of aliphatic hydroxyl groups is 1. The van der Waals surface area contributed by atoms with E-state index in [1.54, 1.807) is 0 Å². The third-order valence-corrected chi connectivity index (χ3v) is 15.9. The number of hydrogen-bond acceptors (Lipinski definition) is 2. The smallest absolute Gasteiger partial charge is 0.0556 e. The van der Waals surface area contributed by atoms with Crippen LogP contribution in [-0.4, -0.2) is 24.3 Å². The third kappa shape index (κ3) is 8.71. The molecule has 0 aromatic heterocycles. The lowest BCUT2D eigenvalue weighted by molar-refractivity contribution is 0.289. The fourth-order valence-corrected chi connectivity index (χ4v) is 13.1. The van der Waals surface area contributed by atoms with Crippen molar-refractivity contribution < 1.29 is 5.11 Å². The molecule has 0 saturated heterocycles. The molecule has 8 rings (SSSR count). The molecule has 0 heterocycles. The molecule has 2 N–H and O–H groups in total. The second-order valence-corrected chi connectivity index (χ2v) is 20.7. The van der Waals surface area contributed by atoms with Gasteiger partial charge >= 0.3 is 0 Å². The standard InChI is InChI=1S/C71H83NO/c1-16-26-43(12)57-52(31-21-6)54-35-34-47(28-18-3)60-55(32-22-7)62-56(33-23-8)61-51(30-20-5)49(25-10)53-37-36-50(48(29-19-4)40-42(11)24-9)63-59(45(14)41-46(15)72-38-39-73)67-58(44(13)27-17-2)66(57)70(64(54)60)69(62)71(67)68(61)65(53)63/h18,20-23,26-37,41-42,46,72-73H,16-17,19,24-25,38-40H2,1-15H3/b28-18-,30-20-,31-21-,32-22-,33-23-,43-26+,44-27+,45-41+,48-29+. The molecule has 0 aliphatic carbocycles. The number of aryl methyl sites for hydroxylation is 1. The van der Waals surface area contributed by atoms with Gasteiger partial charge in [-0.1, -0.05) is 157 Å². The lowest BCUT2D eigenvalue weighted by atomic mass is 9.70. The van der Waals surface area contributed by atoms with E-state index in [0.717, 1.165) is 38.5 Å². The maximum absolute atomic E-state index is 10.1. The molecule has 8 aromatic rings. The summed E-state index contributed by atoms with van der Waals surface area (Å²) in [5, 5.41) is 32.7. The highest BCUT2D eigenvalue weighted by Crippen LogP contribution is 2.60. The van der Waals surface area contributed by atoms with Gasteiger partial charge in [-0.15, -0.1) is 0 Å². The Kier molecular flexibility index (Phi) is 16.5. The SMILES string of the molecule is C/C=C\c1c(/C(C)=C/CC)c2c(/C(C)=C/CC)c3c(/C(C)=C/C(C)NCCO)c4c(/C(=C/CC)CC(C)CC)ccc5c(CC)c(/C=C\C)c6c(/C=C\C)c7c(/C=C\C)c8c(/C=C\C)ccc1c8c2c7c3c6c54. The third-order valence-electron chi connectivity index (χ3n) is 15.9. The average molecular weight is 966 g/mol. The highest BCUT2D eigenvalue weighted by Gasteiger charge is 2.34. The molecule has 0 amide bonds. The number of allylic oxidation sites excluding steroid dienone is 12. The van der Waals surface area contributed by atoms with E-state index >= 15 is 0 Å². The first-order chi connectivity index (χ1) is 35.4. The van der Waals surface area contributed by atoms with Crippen LogP contribution in [0.3, 0.4) is 0 Å². The molecule has 0 radical (unpaired) electrons. The zero-order valence-electron chi connectivity index (χ0n) is 47.2. The van der Waals surface area contributed by atoms with E-state index in [-0.39, 0.29) is 12.6 Å². The van der Waals surface area contributed by atoms with Crippen LogP contribution in [0.1, 0.15) is 192 Å². The summed E-state index contributed by atoms with van der Waals surface area (Å²) in [5.74, 6) is 0.526. The molecular weight excluding hydrogens is 883 g/mol. The van der Waals surface area contributed by atoms with Crippen LogP contribution in [0.2, 0.25) is 0 Å². The van der Waals surface area contributed by atoms with Crippen LogP contribution in [-0.2, 0) is 6.42 Å². The first-order valence-corrected chi connectivity index (χ1v) is 28.0. The van der Waals surface area contributed by atoms with E-state index in [9.17, 15) is 5.11 Å². The van der Waals surface area contributed by atoms with E-state index in [1.165, 1.54) is 153 Å². The van der Waals surface area contributed by atoms with Gasteiger partial charge in [-0.05, 0) is 254 Å². The molecule has 2 nitrogen and oxygen atoms in total. The molecule has 2 unspecified atom stereocenters. The number of nitrogens with one attached hydrogen (secondary N) is 1. The van der Waals surface area contributed by atoms with Gasteiger partial charge < -0.3 is 10.4 Å². The first-order valence-electron chi connectivity index (χ1n) is 28.0. The van der Waals surface area contributed by atoms with Crippen molar-refractivity contribution in [3.05, 3.63) is 135 Å². The van der Waals surface area contributed by atoms with E-state index < -0.39 is 0 Å². The summed E-state index contributed by atoms with van der Waals surface area (Å²) in [6.07, 6.45) is 39.2. The molecule has 2 heteroatoms. The maximum Gasteiger partial charge on any atom is 0.0556 e. The Hall–Kier alpha value is -6.06. The monoisotopic (exact) mass is 966 g/mol. The molecule has 378 valence electrons. The topological polar surface area (TPSA) is 32.3 Å². The van der Waals surface area contributed by atoms with E-state index in [4.69, 9.17) is 0 Å². The Labute approximate surface area is 438 Å². The number of hydrogen-bond donors (Lipinski definition) is 2. The summed E-state index contributed by atoms with van der Waals surface area (Å²) in [7, 11) is 0. The van der Waals surface area contributed by atoms with Gasteiger partial charge in [-0.25, -0.2) is 0 Å². The predicted octanol–water partition coefficient (Wildman–Crippen LogP) is 21.0. The molecular formula is C71H83NO. The zero-order chi connectivity index (χ0) is 52.4. The lowest BCUT2D eigenvalue weighted by Gasteiger charge is -2.32. The minimum absolute atomic E-state index is 0.0219. The minimum Gasteiger partial charge on any atom is -0.395 e. The van der Waals surface area contributed by atoms with Crippen molar-refractivity contribution in [3.63, 3.8) is 0 Å². The molecule has 0 bridgehead atoms. The van der Waals surface area contributed by atoms with Crippen molar-refractivity contribution in [2.24, 2.45) is 5.92 Å². The number of aliphatic hydroxyl groups excluding tert-OH is 1. The van der Waals surface area contributed by atoms with Gasteiger partial charge in [0.05, 0.1) is 6.61 Å². The van der Waals surface area contributed by atoms with Crippen molar-refractivity contribution in [2.45, 2.75) is 148 Å². The normalized spacial score (nSPS) is 15.0. The summed E-state index contributed by atoms with van der Waals surface area (Å²) in [5.41, 5.74) is 18.5. The van der Waals surface area contributed by atoms with Crippen LogP contribution in [0.5, 0.6) is 0 Å². The van der Waals surface area contributed by atoms with Crippen molar-refractivity contribution in [3.8, 4) is 0 Å². The van der Waals surface area contributed by atoms with Gasteiger partial charge in [0.15, 0.2) is 0 Å². The molecule has 2 atom stereocenters. The van der Waals surface area contributed by atoms with Gasteiger partial charge in [0, 0.05) is 12.6 Å². The summed E-state index contributed by atoms with van der Waals surface area (Å²) in [6.45, 7) is 35.0. The average Bonchev–Trinajstić information content (AvgIpc) is 3.37. The highest BCUT2D eigenvalue weighted by atomic mass is 16.3. The first kappa shape index (κ1) is 53.2. The fraction of sp³-hybridized carbons (Fsp3) is 0.352. The van der Waals surface area contributed by atoms with Crippen molar-refractivity contribution in [2.75, 3.05) is 13.2 Å². The molecule has 0 spiro atoms.